The molecule has 2 aromatic rings. The summed E-state index contributed by atoms with van der Waals surface area (Å²) in [4.78, 5) is 16.2. The maximum Gasteiger partial charge on any atom is 0.216 e. The Hall–Kier alpha value is -2.63. The van der Waals surface area contributed by atoms with Crippen molar-refractivity contribution < 1.29 is 18.8 Å². The van der Waals surface area contributed by atoms with Gasteiger partial charge in [0.2, 0.25) is 5.90 Å². The van der Waals surface area contributed by atoms with Gasteiger partial charge in [0, 0.05) is 18.1 Å². The molecule has 1 aliphatic rings. The summed E-state index contributed by atoms with van der Waals surface area (Å²) in [6.07, 6.45) is 3.85. The molecule has 0 N–H and O–H groups in total. The van der Waals surface area contributed by atoms with E-state index in [1.165, 1.54) is 0 Å². The molecule has 0 fully saturated rings. The third-order valence-corrected chi connectivity index (χ3v) is 4.19. The molecule has 1 aromatic heterocycles. The Morgan fingerprint density at radius 2 is 2.12 bits per heavy atom. The summed E-state index contributed by atoms with van der Waals surface area (Å²) in [5, 5.41) is 3.88. The van der Waals surface area contributed by atoms with E-state index < -0.39 is 0 Å². The Bertz CT molecular complexity index is 795. The molecule has 0 radical (unpaired) electrons. The lowest BCUT2D eigenvalue weighted by atomic mass is 10.1. The Morgan fingerprint density at radius 1 is 1.23 bits per heavy atom. The van der Waals surface area contributed by atoms with Crippen molar-refractivity contribution in [3.8, 4) is 5.75 Å². The van der Waals surface area contributed by atoms with Crippen molar-refractivity contribution in [1.29, 1.82) is 0 Å². The number of aromatic nitrogens is 1. The van der Waals surface area contributed by atoms with Crippen LogP contribution in [0.15, 0.2) is 33.8 Å². The molecule has 6 nitrogen and oxygen atoms in total. The summed E-state index contributed by atoms with van der Waals surface area (Å²) < 4.78 is 16.5. The molecule has 6 heteroatoms. The highest BCUT2D eigenvalue weighted by molar-refractivity contribution is 6.01. The van der Waals surface area contributed by atoms with Gasteiger partial charge in [-0.1, -0.05) is 5.16 Å². The maximum atomic E-state index is 12.0. The van der Waals surface area contributed by atoms with E-state index >= 15 is 0 Å². The Labute approximate surface area is 153 Å². The van der Waals surface area contributed by atoms with Crippen LogP contribution in [0, 0.1) is 6.92 Å². The van der Waals surface area contributed by atoms with Crippen molar-refractivity contribution in [3.05, 3.63) is 46.8 Å². The van der Waals surface area contributed by atoms with Gasteiger partial charge in [0.1, 0.15) is 18.1 Å². The number of carbonyl (C=O) groups is 1. The lowest BCUT2D eigenvalue weighted by Crippen LogP contribution is -2.07. The van der Waals surface area contributed by atoms with Gasteiger partial charge in [-0.15, -0.1) is 0 Å². The third-order valence-electron chi connectivity index (χ3n) is 4.19. The van der Waals surface area contributed by atoms with E-state index in [0.717, 1.165) is 42.7 Å². The van der Waals surface area contributed by atoms with Gasteiger partial charge in [-0.25, -0.2) is 4.99 Å². The second-order valence-electron chi connectivity index (χ2n) is 6.40. The first-order valence-electron chi connectivity index (χ1n) is 9.01. The van der Waals surface area contributed by atoms with E-state index in [0.29, 0.717) is 37.0 Å². The number of carbonyl (C=O) groups excluding carboxylic acids is 1. The number of aliphatic imine (C=N–C) groups is 1. The molecule has 0 saturated heterocycles. The van der Waals surface area contributed by atoms with E-state index in [9.17, 15) is 4.79 Å². The third kappa shape index (κ3) is 4.71. The molecule has 0 unspecified atom stereocenters. The molecular weight excluding hydrogens is 332 g/mol. The highest BCUT2D eigenvalue weighted by atomic mass is 16.5. The quantitative estimate of drug-likeness (QED) is 0.505. The van der Waals surface area contributed by atoms with Crippen LogP contribution in [0.3, 0.4) is 0 Å². The van der Waals surface area contributed by atoms with Gasteiger partial charge in [0.05, 0.1) is 24.4 Å². The molecule has 0 bridgehead atoms. The summed E-state index contributed by atoms with van der Waals surface area (Å²) in [6.45, 7) is 5.30. The van der Waals surface area contributed by atoms with Crippen LogP contribution in [0.25, 0.3) is 0 Å². The number of rotatable bonds is 9. The maximum absolute atomic E-state index is 12.0. The minimum absolute atomic E-state index is 0.0267. The topological polar surface area (TPSA) is 73.9 Å². The molecule has 2 heterocycles. The summed E-state index contributed by atoms with van der Waals surface area (Å²) >= 11 is 0. The number of benzene rings is 1. The predicted molar refractivity (Wildman–Crippen MR) is 98.1 cm³/mol. The van der Waals surface area contributed by atoms with Crippen LogP contribution in [-0.2, 0) is 11.2 Å². The monoisotopic (exact) mass is 356 g/mol. The molecule has 0 atom stereocenters. The average Bonchev–Trinajstić information content (AvgIpc) is 3.30. The van der Waals surface area contributed by atoms with E-state index in [4.69, 9.17) is 14.0 Å². The predicted octanol–water partition coefficient (Wildman–Crippen LogP) is 3.75. The largest absolute Gasteiger partial charge is 0.493 e. The summed E-state index contributed by atoms with van der Waals surface area (Å²) in [5.74, 6) is 2.11. The minimum atomic E-state index is -0.0267. The van der Waals surface area contributed by atoms with E-state index in [2.05, 4.69) is 10.1 Å². The summed E-state index contributed by atoms with van der Waals surface area (Å²) in [5.41, 5.74) is 2.30. The number of nitrogens with zero attached hydrogens (tertiary/aromatic N) is 2. The molecule has 0 spiro atoms. The number of Topliss-reactive ketones (excluding diaryl/α,β-unsaturated/α-hetero) is 1. The molecule has 0 saturated carbocycles. The van der Waals surface area contributed by atoms with Gasteiger partial charge < -0.3 is 14.0 Å². The smallest absolute Gasteiger partial charge is 0.216 e. The Balaban J connectivity index is 1.48. The molecule has 0 aliphatic carbocycles. The van der Waals surface area contributed by atoms with Crippen LogP contribution in [0.4, 0.5) is 0 Å². The highest BCUT2D eigenvalue weighted by Gasteiger charge is 2.15. The average molecular weight is 356 g/mol. The van der Waals surface area contributed by atoms with E-state index in [-0.39, 0.29) is 5.78 Å². The summed E-state index contributed by atoms with van der Waals surface area (Å²) in [6, 6.07) is 7.48. The first kappa shape index (κ1) is 18.2. The molecule has 1 aliphatic heterocycles. The fourth-order valence-electron chi connectivity index (χ4n) is 2.87. The standard InChI is InChI=1S/C20H24N2O4/c1-14-12-17(26-22-14)6-4-3-5-10-24-19-8-7-16(13-18(19)15(2)23)20-21-9-11-25-20/h7-8,12-13H,3-6,9-11H2,1-2H3. The lowest BCUT2D eigenvalue weighted by molar-refractivity contribution is 0.101. The zero-order valence-electron chi connectivity index (χ0n) is 15.3. The van der Waals surface area contributed by atoms with Crippen molar-refractivity contribution in [2.24, 2.45) is 4.99 Å². The minimum Gasteiger partial charge on any atom is -0.493 e. The van der Waals surface area contributed by atoms with Crippen LogP contribution in [-0.4, -0.2) is 36.6 Å². The zero-order valence-corrected chi connectivity index (χ0v) is 15.3. The van der Waals surface area contributed by atoms with Crippen LogP contribution in [0.2, 0.25) is 0 Å². The molecule has 138 valence electrons. The van der Waals surface area contributed by atoms with Crippen molar-refractivity contribution in [3.63, 3.8) is 0 Å². The van der Waals surface area contributed by atoms with Crippen molar-refractivity contribution in [2.75, 3.05) is 19.8 Å². The van der Waals surface area contributed by atoms with Crippen LogP contribution < -0.4 is 4.74 Å². The fraction of sp³-hybridized carbons (Fsp3) is 0.450. The number of aryl methyl sites for hydroxylation is 2. The molecule has 0 amide bonds. The number of unbranched alkanes of at least 4 members (excludes halogenated alkanes) is 2. The number of ether oxygens (including phenoxy) is 2. The van der Waals surface area contributed by atoms with Gasteiger partial charge in [0.25, 0.3) is 0 Å². The Kier molecular flexibility index (Phi) is 6.04. The van der Waals surface area contributed by atoms with Crippen molar-refractivity contribution in [2.45, 2.75) is 39.5 Å². The fourth-order valence-corrected chi connectivity index (χ4v) is 2.87. The van der Waals surface area contributed by atoms with E-state index in [1.54, 1.807) is 13.0 Å². The zero-order chi connectivity index (χ0) is 18.4. The van der Waals surface area contributed by atoms with Gasteiger partial charge in [-0.05, 0) is 51.3 Å². The van der Waals surface area contributed by atoms with Crippen LogP contribution >= 0.6 is 0 Å². The number of hydrogen-bond donors (Lipinski definition) is 0. The molecule has 1 aromatic carbocycles. The van der Waals surface area contributed by atoms with Crippen molar-refractivity contribution in [1.82, 2.24) is 5.16 Å². The van der Waals surface area contributed by atoms with Gasteiger partial charge in [-0.3, -0.25) is 4.79 Å². The van der Waals surface area contributed by atoms with Gasteiger partial charge >= 0.3 is 0 Å². The molecular formula is C20H24N2O4. The summed E-state index contributed by atoms with van der Waals surface area (Å²) in [7, 11) is 0. The lowest BCUT2D eigenvalue weighted by Gasteiger charge is -2.11. The first-order chi connectivity index (χ1) is 12.6. The van der Waals surface area contributed by atoms with Crippen LogP contribution in [0.5, 0.6) is 5.75 Å². The number of ketones is 1. The molecule has 26 heavy (non-hydrogen) atoms. The Morgan fingerprint density at radius 3 is 2.81 bits per heavy atom. The number of hydrogen-bond acceptors (Lipinski definition) is 6. The van der Waals surface area contributed by atoms with E-state index in [1.807, 2.05) is 25.1 Å². The van der Waals surface area contributed by atoms with Crippen molar-refractivity contribution >= 4 is 11.7 Å². The van der Waals surface area contributed by atoms with Gasteiger partial charge in [0.15, 0.2) is 5.78 Å². The second-order valence-corrected chi connectivity index (χ2v) is 6.40. The second kappa shape index (κ2) is 8.65. The van der Waals surface area contributed by atoms with Crippen LogP contribution in [0.1, 0.15) is 53.6 Å². The van der Waals surface area contributed by atoms with Gasteiger partial charge in [-0.2, -0.15) is 0 Å². The highest BCUT2D eigenvalue weighted by Crippen LogP contribution is 2.23. The first-order valence-corrected chi connectivity index (χ1v) is 9.01. The normalized spacial score (nSPS) is 13.4. The molecule has 3 rings (SSSR count). The SMILES string of the molecule is CC(=O)c1cc(C2=NCCO2)ccc1OCCCCCc1cc(C)no1.